The van der Waals surface area contributed by atoms with Crippen molar-refractivity contribution in [2.24, 2.45) is 34.2 Å². The van der Waals surface area contributed by atoms with Gasteiger partial charge >= 0.3 is 18.3 Å². The molecule has 0 saturated carbocycles. The minimum atomic E-state index is -4.87. The molecule has 3 amide bonds. The summed E-state index contributed by atoms with van der Waals surface area (Å²) in [5, 5.41) is 2.17. The molecule has 1 aliphatic rings. The molecular weight excluding hydrogens is 667 g/mol. The molecule has 5 N–H and O–H groups in total. The molecule has 0 aliphatic carbocycles. The van der Waals surface area contributed by atoms with Crippen LogP contribution < -0.4 is 21.7 Å². The highest BCUT2D eigenvalue weighted by molar-refractivity contribution is 6.20. The van der Waals surface area contributed by atoms with Crippen LogP contribution in [0.15, 0.2) is 47.5 Å². The highest BCUT2D eigenvalue weighted by Crippen LogP contribution is 2.34. The first-order valence-corrected chi connectivity index (χ1v) is 15.1. The number of alkyl halides is 6. The van der Waals surface area contributed by atoms with Crippen LogP contribution in [0.1, 0.15) is 56.2 Å². The lowest BCUT2D eigenvalue weighted by atomic mass is 9.83. The number of benzodiazepines with no additional fused rings is 1. The predicted octanol–water partition coefficient (Wildman–Crippen LogP) is 4.65. The van der Waals surface area contributed by atoms with Crippen molar-refractivity contribution in [1.29, 1.82) is 0 Å². The molecule has 0 spiro atoms. The second-order valence-electron chi connectivity index (χ2n) is 11.9. The number of aliphatic imine (C=N–C) groups is 1. The monoisotopic (exact) mass is 703 g/mol. The molecule has 1 heterocycles. The normalized spacial score (nSPS) is 17.1. The van der Waals surface area contributed by atoms with Gasteiger partial charge in [-0.25, -0.2) is 9.38 Å². The number of ether oxygens (including phenoxy) is 1. The zero-order valence-corrected chi connectivity index (χ0v) is 26.7. The van der Waals surface area contributed by atoms with Crippen LogP contribution in [-0.2, 0) is 23.9 Å². The van der Waals surface area contributed by atoms with E-state index in [1.807, 2.05) is 0 Å². The third kappa shape index (κ3) is 10.5. The molecule has 3 rings (SSSR count). The van der Waals surface area contributed by atoms with Crippen molar-refractivity contribution in [2.75, 3.05) is 11.6 Å². The molecule has 4 atom stereocenters. The second kappa shape index (κ2) is 15.8. The third-order valence-electron chi connectivity index (χ3n) is 7.89. The Hall–Kier alpha value is -4.54. The number of carbonyl (C=O) groups excluding carboxylic acids is 4. The number of amides is 3. The SMILES string of the molecule is Cc1cccc2c1N(COC(=O)C(N)C(C)C)C(=O)C(NC(=O)C(CCC(F)(F)F)C(CCC(F)(F)F)C(N)=O)N=C2c1cccc(F)c1. The maximum atomic E-state index is 14.4. The van der Waals surface area contributed by atoms with Crippen molar-refractivity contribution in [2.45, 2.75) is 71.0 Å². The summed E-state index contributed by atoms with van der Waals surface area (Å²) in [5.74, 6) is -9.99. The number of hydrogen-bond donors (Lipinski definition) is 3. The Balaban J connectivity index is 2.15. The Morgan fingerprint density at radius 3 is 2.12 bits per heavy atom. The summed E-state index contributed by atoms with van der Waals surface area (Å²) in [6.07, 6.45) is -17.3. The minimum Gasteiger partial charge on any atom is -0.443 e. The first kappa shape index (κ1) is 38.9. The number of aryl methyl sites for hydroxylation is 1. The van der Waals surface area contributed by atoms with E-state index in [4.69, 9.17) is 16.2 Å². The van der Waals surface area contributed by atoms with Gasteiger partial charge in [-0.05, 0) is 43.4 Å². The molecule has 1 aliphatic heterocycles. The van der Waals surface area contributed by atoms with E-state index in [-0.39, 0.29) is 28.4 Å². The summed E-state index contributed by atoms with van der Waals surface area (Å²) in [5.41, 5.74) is 12.0. The minimum absolute atomic E-state index is 0.0695. The van der Waals surface area contributed by atoms with Gasteiger partial charge in [0.1, 0.15) is 11.9 Å². The van der Waals surface area contributed by atoms with E-state index in [0.29, 0.717) is 5.56 Å². The zero-order valence-electron chi connectivity index (χ0n) is 26.7. The van der Waals surface area contributed by atoms with Gasteiger partial charge in [0.15, 0.2) is 6.73 Å². The molecule has 17 heteroatoms. The third-order valence-corrected chi connectivity index (χ3v) is 7.89. The maximum Gasteiger partial charge on any atom is 0.389 e. The summed E-state index contributed by atoms with van der Waals surface area (Å²) in [7, 11) is 0. The number of hydrogen-bond acceptors (Lipinski definition) is 7. The summed E-state index contributed by atoms with van der Waals surface area (Å²) in [4.78, 5) is 58.0. The fourth-order valence-corrected chi connectivity index (χ4v) is 5.24. The van der Waals surface area contributed by atoms with E-state index in [1.165, 1.54) is 18.2 Å². The summed E-state index contributed by atoms with van der Waals surface area (Å²) in [6.45, 7) is 4.11. The quantitative estimate of drug-likeness (QED) is 0.204. The summed E-state index contributed by atoms with van der Waals surface area (Å²) < 4.78 is 98.8. The van der Waals surface area contributed by atoms with Crippen LogP contribution in [0.2, 0.25) is 0 Å². The Morgan fingerprint density at radius 1 is 0.980 bits per heavy atom. The van der Waals surface area contributed by atoms with Crippen LogP contribution >= 0.6 is 0 Å². The van der Waals surface area contributed by atoms with Gasteiger partial charge in [-0.2, -0.15) is 26.3 Å². The number of nitrogens with two attached hydrogens (primary N) is 2. The van der Waals surface area contributed by atoms with Crippen molar-refractivity contribution >= 4 is 35.1 Å². The van der Waals surface area contributed by atoms with Crippen LogP contribution in [0.4, 0.5) is 36.4 Å². The number of carbonyl (C=O) groups is 4. The molecule has 0 aromatic heterocycles. The number of nitrogens with zero attached hydrogens (tertiary/aromatic N) is 2. The summed E-state index contributed by atoms with van der Waals surface area (Å²) >= 11 is 0. The number of anilines is 1. The summed E-state index contributed by atoms with van der Waals surface area (Å²) in [6, 6.07) is 8.54. The molecular formula is C32H36F7N5O5. The van der Waals surface area contributed by atoms with E-state index in [2.05, 4.69) is 10.3 Å². The van der Waals surface area contributed by atoms with E-state index < -0.39 is 98.3 Å². The molecule has 0 bridgehead atoms. The molecule has 0 radical (unpaired) electrons. The Morgan fingerprint density at radius 2 is 1.57 bits per heavy atom. The van der Waals surface area contributed by atoms with Crippen LogP contribution in [-0.4, -0.2) is 60.7 Å². The molecule has 4 unspecified atom stereocenters. The van der Waals surface area contributed by atoms with Gasteiger partial charge in [0.05, 0.1) is 11.4 Å². The van der Waals surface area contributed by atoms with Gasteiger partial charge in [0.25, 0.3) is 5.91 Å². The molecule has 2 aromatic carbocycles. The number of nitrogens with one attached hydrogen (secondary N) is 1. The molecule has 268 valence electrons. The fourth-order valence-electron chi connectivity index (χ4n) is 5.24. The van der Waals surface area contributed by atoms with Crippen molar-refractivity contribution in [3.8, 4) is 0 Å². The number of benzene rings is 2. The number of primary amides is 1. The lowest BCUT2D eigenvalue weighted by molar-refractivity contribution is -0.152. The van der Waals surface area contributed by atoms with Crippen LogP contribution in [0.25, 0.3) is 0 Å². The molecule has 2 aromatic rings. The second-order valence-corrected chi connectivity index (χ2v) is 11.9. The van der Waals surface area contributed by atoms with Gasteiger partial charge in [-0.15, -0.1) is 0 Å². The molecule has 10 nitrogen and oxygen atoms in total. The van der Waals surface area contributed by atoms with Gasteiger partial charge in [-0.1, -0.05) is 44.2 Å². The number of fused-ring (bicyclic) bond motifs is 1. The molecule has 0 fully saturated rings. The smallest absolute Gasteiger partial charge is 0.389 e. The van der Waals surface area contributed by atoms with Crippen molar-refractivity contribution in [1.82, 2.24) is 5.32 Å². The standard InChI is InChI=1S/C32H36F7N5O5/c1-16(2)23(40)30(48)49-15-44-25-17(3)6-4-9-22(25)24(18-7-5-8-19(33)14-18)42-27(29(44)47)43-28(46)21(11-13-32(37,38)39)20(26(41)45)10-12-31(34,35)36/h4-9,14,16,20-21,23,27H,10-13,15,40H2,1-3H3,(H2,41,45)(H,43,46). The van der Waals surface area contributed by atoms with E-state index in [1.54, 1.807) is 32.9 Å². The van der Waals surface area contributed by atoms with Crippen molar-refractivity contribution < 1.29 is 54.6 Å². The van der Waals surface area contributed by atoms with Gasteiger partial charge < -0.3 is 21.5 Å². The largest absolute Gasteiger partial charge is 0.443 e. The predicted molar refractivity (Wildman–Crippen MR) is 163 cm³/mol. The first-order valence-electron chi connectivity index (χ1n) is 15.1. The van der Waals surface area contributed by atoms with Crippen LogP contribution in [0, 0.1) is 30.5 Å². The average Bonchev–Trinajstić information content (AvgIpc) is 3.10. The van der Waals surface area contributed by atoms with E-state index in [0.717, 1.165) is 17.0 Å². The zero-order chi connectivity index (χ0) is 36.8. The van der Waals surface area contributed by atoms with E-state index >= 15 is 0 Å². The van der Waals surface area contributed by atoms with Gasteiger partial charge in [0.2, 0.25) is 18.0 Å². The van der Waals surface area contributed by atoms with E-state index in [9.17, 15) is 49.9 Å². The van der Waals surface area contributed by atoms with Crippen LogP contribution in [0.3, 0.4) is 0 Å². The van der Waals surface area contributed by atoms with Gasteiger partial charge in [0, 0.05) is 35.8 Å². The molecule has 49 heavy (non-hydrogen) atoms. The highest BCUT2D eigenvalue weighted by atomic mass is 19.4. The first-order chi connectivity index (χ1) is 22.7. The number of para-hydroxylation sites is 1. The highest BCUT2D eigenvalue weighted by Gasteiger charge is 2.42. The fraction of sp³-hybridized carbons (Fsp3) is 0.469. The average molecular weight is 704 g/mol. The number of rotatable bonds is 13. The van der Waals surface area contributed by atoms with Crippen molar-refractivity contribution in [3.63, 3.8) is 0 Å². The lowest BCUT2D eigenvalue weighted by Crippen LogP contribution is -2.52. The number of esters is 1. The van der Waals surface area contributed by atoms with Crippen LogP contribution in [0.5, 0.6) is 0 Å². The maximum absolute atomic E-state index is 14.4. The van der Waals surface area contributed by atoms with Crippen molar-refractivity contribution in [3.05, 3.63) is 65.0 Å². The topological polar surface area (TPSA) is 157 Å². The molecule has 0 saturated heterocycles. The Labute approximate surface area is 277 Å². The Bertz CT molecular complexity index is 1580. The lowest BCUT2D eigenvalue weighted by Gasteiger charge is -2.29. The van der Waals surface area contributed by atoms with Gasteiger partial charge in [-0.3, -0.25) is 24.1 Å². The Kier molecular flexibility index (Phi) is 12.5. The number of halogens is 7.